The van der Waals surface area contributed by atoms with Crippen molar-refractivity contribution in [2.75, 3.05) is 0 Å². The Bertz CT molecular complexity index is 160. The molecule has 0 aliphatic heterocycles. The van der Waals surface area contributed by atoms with Crippen LogP contribution in [0.3, 0.4) is 0 Å². The van der Waals surface area contributed by atoms with E-state index < -0.39 is 21.2 Å². The fraction of sp³-hybridized carbons (Fsp3) is 1.00. The van der Waals surface area contributed by atoms with Crippen LogP contribution in [0.25, 0.3) is 0 Å². The lowest BCUT2D eigenvalue weighted by Gasteiger charge is -2.13. The first kappa shape index (κ1) is 15.9. The zero-order valence-electron chi connectivity index (χ0n) is 9.52. The maximum absolute atomic E-state index is 11.8. The van der Waals surface area contributed by atoms with Crippen LogP contribution in [0.5, 0.6) is 0 Å². The molecular weight excluding hydrogens is 235 g/mol. The molecule has 0 aromatic rings. The summed E-state index contributed by atoms with van der Waals surface area (Å²) < 4.78 is 35.3. The minimum absolute atomic E-state index is 0.229. The Hall–Kier alpha value is -0.113. The normalized spacial score (nSPS) is 13.1. The Morgan fingerprint density at radius 3 is 1.62 bits per heavy atom. The molecule has 0 aliphatic carbocycles. The van der Waals surface area contributed by atoms with E-state index in [1.807, 2.05) is 0 Å². The van der Waals surface area contributed by atoms with Crippen molar-refractivity contribution in [2.24, 2.45) is 16.2 Å². The van der Waals surface area contributed by atoms with Crippen molar-refractivity contribution < 1.29 is 13.2 Å². The van der Waals surface area contributed by atoms with E-state index in [0.717, 1.165) is 25.7 Å². The zero-order valence-corrected chi connectivity index (χ0v) is 10.5. The Balaban J connectivity index is 3.17. The SMILES string of the molecule is N[Si](N)(N)CCCCCCCCC(F)(F)F. The van der Waals surface area contributed by atoms with Gasteiger partial charge in [0.25, 0.3) is 8.56 Å². The highest BCUT2D eigenvalue weighted by atomic mass is 28.4. The van der Waals surface area contributed by atoms with Crippen LogP contribution >= 0.6 is 0 Å². The molecule has 0 atom stereocenters. The molecule has 16 heavy (non-hydrogen) atoms. The first-order valence-electron chi connectivity index (χ1n) is 5.64. The Morgan fingerprint density at radius 1 is 0.750 bits per heavy atom. The van der Waals surface area contributed by atoms with E-state index in [0.29, 0.717) is 12.5 Å². The van der Waals surface area contributed by atoms with Gasteiger partial charge in [-0.15, -0.1) is 0 Å². The first-order valence-corrected chi connectivity index (χ1v) is 8.08. The lowest BCUT2D eigenvalue weighted by atomic mass is 10.1. The average Bonchev–Trinajstić information content (AvgIpc) is 2.06. The summed E-state index contributed by atoms with van der Waals surface area (Å²) >= 11 is 0. The maximum Gasteiger partial charge on any atom is 0.389 e. The molecule has 0 bridgehead atoms. The molecule has 0 fully saturated rings. The monoisotopic (exact) mass is 257 g/mol. The zero-order chi connectivity index (χ0) is 12.7. The van der Waals surface area contributed by atoms with Gasteiger partial charge in [0.1, 0.15) is 0 Å². The van der Waals surface area contributed by atoms with Gasteiger partial charge in [0.15, 0.2) is 0 Å². The molecule has 0 heterocycles. The maximum atomic E-state index is 11.8. The van der Waals surface area contributed by atoms with E-state index in [4.69, 9.17) is 16.2 Å². The Morgan fingerprint density at radius 2 is 1.19 bits per heavy atom. The smallest absolute Gasteiger partial charge is 0.327 e. The topological polar surface area (TPSA) is 78.1 Å². The van der Waals surface area contributed by atoms with Crippen LogP contribution in [0.1, 0.15) is 44.9 Å². The van der Waals surface area contributed by atoms with E-state index in [1.165, 1.54) is 0 Å². The van der Waals surface area contributed by atoms with Crippen LogP contribution in [-0.4, -0.2) is 14.7 Å². The number of hydrogen-bond donors (Lipinski definition) is 3. The van der Waals surface area contributed by atoms with Crippen molar-refractivity contribution >= 4 is 8.56 Å². The number of halogens is 3. The molecule has 6 N–H and O–H groups in total. The molecule has 0 radical (unpaired) electrons. The van der Waals surface area contributed by atoms with E-state index in [9.17, 15) is 13.2 Å². The highest BCUT2D eigenvalue weighted by Gasteiger charge is 2.25. The quantitative estimate of drug-likeness (QED) is 0.460. The molecule has 0 aromatic carbocycles. The summed E-state index contributed by atoms with van der Waals surface area (Å²) in [6.45, 7) is 0. The number of alkyl halides is 3. The van der Waals surface area contributed by atoms with Crippen LogP contribution in [0.4, 0.5) is 13.2 Å². The minimum Gasteiger partial charge on any atom is -0.327 e. The van der Waals surface area contributed by atoms with Crippen molar-refractivity contribution in [1.82, 2.24) is 0 Å². The number of unbranched alkanes of at least 4 members (excludes halogenated alkanes) is 5. The Kier molecular flexibility index (Phi) is 7.21. The Labute approximate surface area is 95.8 Å². The molecule has 3 nitrogen and oxygen atoms in total. The summed E-state index contributed by atoms with van der Waals surface area (Å²) in [7, 11) is -2.41. The van der Waals surface area contributed by atoms with Crippen molar-refractivity contribution in [3.63, 3.8) is 0 Å². The molecule has 0 amide bonds. The lowest BCUT2D eigenvalue weighted by Crippen LogP contribution is -2.64. The summed E-state index contributed by atoms with van der Waals surface area (Å²) in [5.41, 5.74) is 0. The predicted molar refractivity (Wildman–Crippen MR) is 61.5 cm³/mol. The molecule has 7 heteroatoms. The molecule has 0 aromatic heterocycles. The van der Waals surface area contributed by atoms with Crippen LogP contribution < -0.4 is 16.2 Å². The van der Waals surface area contributed by atoms with Gasteiger partial charge < -0.3 is 16.2 Å². The van der Waals surface area contributed by atoms with E-state index >= 15 is 0 Å². The van der Waals surface area contributed by atoms with Gasteiger partial charge in [-0.05, 0) is 12.5 Å². The predicted octanol–water partition coefficient (Wildman–Crippen LogP) is 2.09. The van der Waals surface area contributed by atoms with Crippen LogP contribution in [0.15, 0.2) is 0 Å². The van der Waals surface area contributed by atoms with Gasteiger partial charge in [-0.2, -0.15) is 13.2 Å². The molecule has 0 rings (SSSR count). The van der Waals surface area contributed by atoms with Crippen molar-refractivity contribution in [3.8, 4) is 0 Å². The highest BCUT2D eigenvalue weighted by molar-refractivity contribution is 6.70. The number of nitrogens with two attached hydrogens (primary N) is 3. The fourth-order valence-electron chi connectivity index (χ4n) is 1.46. The number of rotatable bonds is 8. The van der Waals surface area contributed by atoms with Crippen LogP contribution in [0.2, 0.25) is 6.04 Å². The summed E-state index contributed by atoms with van der Waals surface area (Å²) in [4.78, 5) is 0. The van der Waals surface area contributed by atoms with Gasteiger partial charge in [0.05, 0.1) is 0 Å². The van der Waals surface area contributed by atoms with Gasteiger partial charge in [-0.25, -0.2) is 0 Å². The van der Waals surface area contributed by atoms with E-state index in [-0.39, 0.29) is 6.42 Å². The van der Waals surface area contributed by atoms with E-state index in [1.54, 1.807) is 0 Å². The first-order chi connectivity index (χ1) is 7.21. The second-order valence-corrected chi connectivity index (χ2v) is 7.07. The van der Waals surface area contributed by atoms with Gasteiger partial charge in [-0.3, -0.25) is 0 Å². The summed E-state index contributed by atoms with van der Waals surface area (Å²) in [5.74, 6) is 0. The van der Waals surface area contributed by atoms with Crippen LogP contribution in [0, 0.1) is 0 Å². The third-order valence-electron chi connectivity index (χ3n) is 2.32. The molecule has 0 aliphatic rings. The molecule has 0 unspecified atom stereocenters. The minimum atomic E-state index is -4.01. The standard InChI is InChI=1S/C9H22F3N3Si/c10-9(11,12)7-5-3-1-2-4-6-8-16(13,14)15/h1-8,13-15H2. The second kappa shape index (κ2) is 7.26. The highest BCUT2D eigenvalue weighted by Crippen LogP contribution is 2.23. The van der Waals surface area contributed by atoms with Gasteiger partial charge >= 0.3 is 6.18 Å². The lowest BCUT2D eigenvalue weighted by molar-refractivity contribution is -0.135. The van der Waals surface area contributed by atoms with Crippen molar-refractivity contribution in [1.29, 1.82) is 0 Å². The summed E-state index contributed by atoms with van der Waals surface area (Å²) in [6.07, 6.45) is -0.210. The summed E-state index contributed by atoms with van der Waals surface area (Å²) in [6, 6.07) is 0.676. The molecule has 0 spiro atoms. The summed E-state index contributed by atoms with van der Waals surface area (Å²) in [5, 5.41) is 16.5. The molecular formula is C9H22F3N3Si. The number of hydrogen-bond acceptors (Lipinski definition) is 3. The van der Waals surface area contributed by atoms with Crippen LogP contribution in [-0.2, 0) is 0 Å². The van der Waals surface area contributed by atoms with Gasteiger partial charge in [0.2, 0.25) is 0 Å². The average molecular weight is 257 g/mol. The second-order valence-electron chi connectivity index (χ2n) is 4.35. The van der Waals surface area contributed by atoms with E-state index in [2.05, 4.69) is 0 Å². The molecule has 0 saturated carbocycles. The van der Waals surface area contributed by atoms with Gasteiger partial charge in [0, 0.05) is 6.42 Å². The molecule has 98 valence electrons. The van der Waals surface area contributed by atoms with Crippen molar-refractivity contribution in [3.05, 3.63) is 0 Å². The third kappa shape index (κ3) is 13.9. The third-order valence-corrected chi connectivity index (χ3v) is 3.54. The molecule has 0 saturated heterocycles. The van der Waals surface area contributed by atoms with Gasteiger partial charge in [-0.1, -0.05) is 32.1 Å². The fourth-order valence-corrected chi connectivity index (χ4v) is 2.33. The van der Waals surface area contributed by atoms with Crippen molar-refractivity contribution in [2.45, 2.75) is 57.2 Å². The largest absolute Gasteiger partial charge is 0.389 e.